The van der Waals surface area contributed by atoms with Gasteiger partial charge in [-0.25, -0.2) is 0 Å². The summed E-state index contributed by atoms with van der Waals surface area (Å²) in [5.74, 6) is 0. The fourth-order valence-corrected chi connectivity index (χ4v) is 9.93. The van der Waals surface area contributed by atoms with Crippen LogP contribution in [0, 0.1) is 0 Å². The molecule has 0 aliphatic rings. The molecule has 0 aliphatic heterocycles. The Bertz CT molecular complexity index is 3760. The lowest BCUT2D eigenvalue weighted by Gasteiger charge is -2.12. The van der Waals surface area contributed by atoms with Crippen LogP contribution in [0.3, 0.4) is 0 Å². The first-order valence-corrected chi connectivity index (χ1v) is 22.0. The molecule has 0 saturated carbocycles. The molecule has 0 fully saturated rings. The maximum Gasteiger partial charge on any atom is 0.0547 e. The van der Waals surface area contributed by atoms with Gasteiger partial charge >= 0.3 is 0 Å². The van der Waals surface area contributed by atoms with E-state index in [9.17, 15) is 0 Å². The quantitative estimate of drug-likeness (QED) is 0.120. The number of nitrogens with zero attached hydrogens (tertiary/aromatic N) is 2. The number of rotatable bonds is 8. The summed E-state index contributed by atoms with van der Waals surface area (Å²) >= 11 is 0. The molecule has 2 aromatic heterocycles. The summed E-state index contributed by atoms with van der Waals surface area (Å²) in [6.45, 7) is 0. The number of aromatic nitrogens is 2. The smallest absolute Gasteiger partial charge is 0.0547 e. The molecule has 12 aromatic rings. The van der Waals surface area contributed by atoms with E-state index in [2.05, 4.69) is 228 Å². The van der Waals surface area contributed by atoms with Gasteiger partial charge in [0.2, 0.25) is 0 Å². The zero-order chi connectivity index (χ0) is 42.6. The van der Waals surface area contributed by atoms with Crippen molar-refractivity contribution in [3.8, 4) is 22.5 Å². The van der Waals surface area contributed by atoms with Crippen molar-refractivity contribution in [1.29, 1.82) is 0 Å². The summed E-state index contributed by atoms with van der Waals surface area (Å²) in [7, 11) is 0. The van der Waals surface area contributed by atoms with E-state index in [0.717, 1.165) is 40.2 Å². The van der Waals surface area contributed by atoms with Gasteiger partial charge < -0.3 is 14.9 Å². The Labute approximate surface area is 371 Å². The highest BCUT2D eigenvalue weighted by atomic mass is 15.0. The molecule has 0 amide bonds. The number of hydrogen-bond donors (Lipinski definition) is 1. The summed E-state index contributed by atoms with van der Waals surface area (Å²) in [5.41, 5.74) is 21.4. The summed E-state index contributed by atoms with van der Waals surface area (Å²) < 4.78 is 4.86. The van der Waals surface area contributed by atoms with E-state index in [0.29, 0.717) is 0 Å². The summed E-state index contributed by atoms with van der Waals surface area (Å²) in [5, 5.41) is 10.1. The van der Waals surface area contributed by atoms with E-state index >= 15 is 0 Å². The van der Waals surface area contributed by atoms with Crippen molar-refractivity contribution in [1.82, 2.24) is 9.13 Å². The van der Waals surface area contributed by atoms with Crippen LogP contribution in [-0.2, 0) is 6.42 Å². The Morgan fingerprint density at radius 3 is 1.53 bits per heavy atom. The number of benzene rings is 10. The zero-order valence-electron chi connectivity index (χ0n) is 35.2. The molecule has 0 aliphatic carbocycles. The second-order valence-corrected chi connectivity index (χ2v) is 16.7. The number of hydrogen-bond acceptors (Lipinski definition) is 1. The molecular weight excluding hydrogens is 775 g/mol. The van der Waals surface area contributed by atoms with Crippen LogP contribution in [0.4, 0.5) is 0 Å². The molecule has 12 rings (SSSR count). The lowest BCUT2D eigenvalue weighted by atomic mass is 9.95. The molecule has 0 unspecified atom stereocenters. The molecular formula is C61H43N3. The lowest BCUT2D eigenvalue weighted by molar-refractivity contribution is 1.16. The average molecular weight is 818 g/mol. The first-order valence-electron chi connectivity index (χ1n) is 22.0. The third-order valence-corrected chi connectivity index (χ3v) is 13.0. The van der Waals surface area contributed by atoms with Gasteiger partial charge in [-0.1, -0.05) is 182 Å². The number of para-hydroxylation sites is 2. The van der Waals surface area contributed by atoms with Crippen molar-refractivity contribution in [2.24, 2.45) is 5.73 Å². The van der Waals surface area contributed by atoms with E-state index < -0.39 is 0 Å². The summed E-state index contributed by atoms with van der Waals surface area (Å²) in [6, 6.07) is 81.0. The summed E-state index contributed by atoms with van der Waals surface area (Å²) in [4.78, 5) is 0. The predicted molar refractivity (Wildman–Crippen MR) is 272 cm³/mol. The van der Waals surface area contributed by atoms with Crippen LogP contribution in [0.2, 0.25) is 0 Å². The van der Waals surface area contributed by atoms with Gasteiger partial charge in [-0.3, -0.25) is 0 Å². The zero-order valence-corrected chi connectivity index (χ0v) is 35.2. The Hall–Kier alpha value is -8.40. The maximum atomic E-state index is 6.63. The van der Waals surface area contributed by atoms with Gasteiger partial charge in [-0.05, 0) is 116 Å². The highest BCUT2D eigenvalue weighted by Crippen LogP contribution is 2.44. The van der Waals surface area contributed by atoms with Crippen molar-refractivity contribution in [2.75, 3.05) is 0 Å². The van der Waals surface area contributed by atoms with Crippen LogP contribution >= 0.6 is 0 Å². The maximum absolute atomic E-state index is 6.63. The van der Waals surface area contributed by atoms with Gasteiger partial charge in [0, 0.05) is 38.6 Å². The number of allylic oxidation sites excluding steroid dienone is 3. The third kappa shape index (κ3) is 6.29. The van der Waals surface area contributed by atoms with E-state index in [1.807, 2.05) is 18.2 Å². The minimum absolute atomic E-state index is 0.749. The molecule has 10 aromatic carbocycles. The van der Waals surface area contributed by atoms with Crippen LogP contribution in [0.5, 0.6) is 0 Å². The van der Waals surface area contributed by atoms with Crippen molar-refractivity contribution < 1.29 is 0 Å². The van der Waals surface area contributed by atoms with Crippen LogP contribution in [-0.4, -0.2) is 9.13 Å². The molecule has 3 heteroatoms. The third-order valence-electron chi connectivity index (χ3n) is 13.0. The first-order chi connectivity index (χ1) is 31.7. The predicted octanol–water partition coefficient (Wildman–Crippen LogP) is 15.5. The lowest BCUT2D eigenvalue weighted by Crippen LogP contribution is -1.97. The van der Waals surface area contributed by atoms with Gasteiger partial charge in [0.15, 0.2) is 0 Å². The Morgan fingerprint density at radius 2 is 0.859 bits per heavy atom. The van der Waals surface area contributed by atoms with E-state index in [1.54, 1.807) is 0 Å². The van der Waals surface area contributed by atoms with Crippen LogP contribution in [0.15, 0.2) is 237 Å². The van der Waals surface area contributed by atoms with Crippen molar-refractivity contribution in [2.45, 2.75) is 6.42 Å². The minimum atomic E-state index is 0.749. The Morgan fingerprint density at radius 1 is 0.375 bits per heavy atom. The van der Waals surface area contributed by atoms with Gasteiger partial charge in [0.05, 0.1) is 22.1 Å². The Kier molecular flexibility index (Phi) is 9.05. The van der Waals surface area contributed by atoms with Gasteiger partial charge in [-0.15, -0.1) is 0 Å². The minimum Gasteiger partial charge on any atom is -0.398 e. The topological polar surface area (TPSA) is 35.9 Å². The molecule has 2 heterocycles. The molecule has 0 radical (unpaired) electrons. The molecule has 64 heavy (non-hydrogen) atoms. The molecule has 0 saturated heterocycles. The second kappa shape index (κ2) is 15.5. The second-order valence-electron chi connectivity index (χ2n) is 16.7. The number of fused-ring (bicyclic) bond motifs is 11. The highest BCUT2D eigenvalue weighted by molar-refractivity contribution is 6.32. The average Bonchev–Trinajstić information content (AvgIpc) is 3.89. The van der Waals surface area contributed by atoms with E-state index in [-0.39, 0.29) is 0 Å². The SMILES string of the molecule is N/C(=C\C(=C/Cc1ccc(-n2c3ccccc3c3c4ccc5ccc6c(c7ccccc7n6-c6ccc(-c7ccccc7)cc6)c5c4ccc32)cc1)c1ccccc1)c1ccccc1. The van der Waals surface area contributed by atoms with Crippen LogP contribution in [0.25, 0.3) is 98.9 Å². The first kappa shape index (κ1) is 37.4. The van der Waals surface area contributed by atoms with E-state index in [1.165, 1.54) is 81.8 Å². The molecule has 0 atom stereocenters. The summed E-state index contributed by atoms with van der Waals surface area (Å²) in [6.07, 6.45) is 5.16. The van der Waals surface area contributed by atoms with Gasteiger partial charge in [0.25, 0.3) is 0 Å². The van der Waals surface area contributed by atoms with Crippen LogP contribution in [0.1, 0.15) is 16.7 Å². The molecule has 2 N–H and O–H groups in total. The highest BCUT2D eigenvalue weighted by Gasteiger charge is 2.20. The normalized spacial score (nSPS) is 12.4. The van der Waals surface area contributed by atoms with E-state index in [4.69, 9.17) is 5.73 Å². The van der Waals surface area contributed by atoms with Gasteiger partial charge in [0.1, 0.15) is 0 Å². The van der Waals surface area contributed by atoms with Gasteiger partial charge in [-0.2, -0.15) is 0 Å². The monoisotopic (exact) mass is 817 g/mol. The number of nitrogens with two attached hydrogens (primary N) is 1. The van der Waals surface area contributed by atoms with Crippen LogP contribution < -0.4 is 5.73 Å². The fraction of sp³-hybridized carbons (Fsp3) is 0.0164. The standard InChI is InChI=1S/C61H43N3/c62-54(45-18-8-3-9-19-45)40-47(43-16-6-2-7-17-43)27-24-41-25-32-48(33-26-41)63-55-22-12-10-20-52(55)60-51-36-30-46-31-38-58-61(59(46)50(51)37-39-57(60)63)53-21-11-13-23-56(53)64(58)49-34-28-44(29-35-49)42-14-4-1-5-15-42/h1-23,25-40H,24,62H2/b47-27+,54-40-. The molecule has 3 nitrogen and oxygen atoms in total. The van der Waals surface area contributed by atoms with Crippen molar-refractivity contribution in [3.05, 3.63) is 253 Å². The van der Waals surface area contributed by atoms with Crippen molar-refractivity contribution >= 4 is 76.4 Å². The Balaban J connectivity index is 0.973. The molecule has 0 spiro atoms. The molecule has 302 valence electrons. The fourth-order valence-electron chi connectivity index (χ4n) is 9.93. The van der Waals surface area contributed by atoms with Crippen molar-refractivity contribution in [3.63, 3.8) is 0 Å². The largest absolute Gasteiger partial charge is 0.398 e. The molecule has 0 bridgehead atoms.